The first-order chi connectivity index (χ1) is 29.8. The average Bonchev–Trinajstić information content (AvgIpc) is 4.08. The second-order valence-corrected chi connectivity index (χ2v) is 17.1. The summed E-state index contributed by atoms with van der Waals surface area (Å²) >= 11 is 0. The molecule has 1 aliphatic heterocycles. The minimum atomic E-state index is -0.0634. The van der Waals surface area contributed by atoms with Gasteiger partial charge in [-0.25, -0.2) is 0 Å². The Morgan fingerprint density at radius 1 is 0.483 bits per heavy atom. The molecule has 11 aromatic rings. The van der Waals surface area contributed by atoms with Crippen LogP contribution in [0.25, 0.3) is 93.6 Å². The Kier molecular flexibility index (Phi) is 6.44. The summed E-state index contributed by atoms with van der Waals surface area (Å²) in [7, 11) is 0. The summed E-state index contributed by atoms with van der Waals surface area (Å²) in [5.74, 6) is 0. The predicted octanol–water partition coefficient (Wildman–Crippen LogP) is 15.8. The fourth-order valence-corrected chi connectivity index (χ4v) is 11.8. The molecule has 3 nitrogen and oxygen atoms in total. The number of nitrogens with zero attached hydrogens (tertiary/aromatic N) is 2. The second kappa shape index (κ2) is 11.9. The standard InChI is InChI=1S/C57H38N2O/c1-2-16-36-33-37(30-29-35(36)15-1)38-17-3-7-24-46(38)58(49-27-14-22-42-40-19-6-10-28-51(40)60-56(42)49)50-34-45-54-52-41(21-13-23-44(52)57(45)31-11-12-32-57)39-18-4-8-25-47(39)59-48-26-9-5-20-43(48)53(50)55(54)59/h1-10,13-30,33-34H,11-12,31-32H2. The van der Waals surface area contributed by atoms with E-state index in [9.17, 15) is 0 Å². The average molecular weight is 767 g/mol. The van der Waals surface area contributed by atoms with Crippen LogP contribution in [0.5, 0.6) is 0 Å². The summed E-state index contributed by atoms with van der Waals surface area (Å²) in [4.78, 5) is 2.56. The lowest BCUT2D eigenvalue weighted by Crippen LogP contribution is -2.21. The van der Waals surface area contributed by atoms with Gasteiger partial charge in [0.1, 0.15) is 5.58 Å². The van der Waals surface area contributed by atoms with Crippen LogP contribution in [0, 0.1) is 0 Å². The number of furan rings is 1. The lowest BCUT2D eigenvalue weighted by Gasteiger charge is -2.32. The third kappa shape index (κ3) is 4.14. The fraction of sp³-hybridized carbons (Fsp3) is 0.0877. The van der Waals surface area contributed by atoms with E-state index in [-0.39, 0.29) is 5.41 Å². The van der Waals surface area contributed by atoms with Gasteiger partial charge in [0.2, 0.25) is 0 Å². The summed E-state index contributed by atoms with van der Waals surface area (Å²) in [6.45, 7) is 0. The number of aromatic nitrogens is 1. The Balaban J connectivity index is 1.19. The van der Waals surface area contributed by atoms with Gasteiger partial charge >= 0.3 is 0 Å². The van der Waals surface area contributed by atoms with Gasteiger partial charge in [0.15, 0.2) is 5.58 Å². The van der Waals surface area contributed by atoms with Crippen molar-refractivity contribution in [1.29, 1.82) is 0 Å². The number of rotatable bonds is 4. The molecule has 60 heavy (non-hydrogen) atoms. The highest BCUT2D eigenvalue weighted by Gasteiger charge is 2.49. The molecule has 2 aliphatic carbocycles. The zero-order chi connectivity index (χ0) is 39.1. The van der Waals surface area contributed by atoms with E-state index in [0.717, 1.165) is 46.2 Å². The highest BCUT2D eigenvalue weighted by atomic mass is 16.3. The summed E-state index contributed by atoms with van der Waals surface area (Å²) in [5.41, 5.74) is 19.6. The van der Waals surface area contributed by atoms with Crippen molar-refractivity contribution in [2.75, 3.05) is 4.90 Å². The minimum Gasteiger partial charge on any atom is -0.454 e. The molecule has 0 saturated heterocycles. The number of benzene rings is 9. The molecule has 9 aromatic carbocycles. The third-order valence-electron chi connectivity index (χ3n) is 14.2. The van der Waals surface area contributed by atoms with Crippen LogP contribution in [0.4, 0.5) is 17.1 Å². The van der Waals surface area contributed by atoms with Crippen molar-refractivity contribution < 1.29 is 4.42 Å². The van der Waals surface area contributed by atoms with E-state index in [1.807, 2.05) is 0 Å². The molecule has 1 spiro atoms. The molecular formula is C57H38N2O. The Morgan fingerprint density at radius 3 is 2.10 bits per heavy atom. The first kappa shape index (κ1) is 32.6. The van der Waals surface area contributed by atoms with Crippen molar-refractivity contribution in [3.8, 4) is 39.1 Å². The fourth-order valence-electron chi connectivity index (χ4n) is 11.8. The first-order valence-corrected chi connectivity index (χ1v) is 21.4. The highest BCUT2D eigenvalue weighted by Crippen LogP contribution is 2.64. The van der Waals surface area contributed by atoms with E-state index < -0.39 is 0 Å². The molecule has 0 radical (unpaired) electrons. The number of fused-ring (bicyclic) bond motifs is 12. The van der Waals surface area contributed by atoms with E-state index in [1.54, 1.807) is 0 Å². The third-order valence-corrected chi connectivity index (χ3v) is 14.2. The van der Waals surface area contributed by atoms with Gasteiger partial charge in [0.25, 0.3) is 0 Å². The van der Waals surface area contributed by atoms with E-state index in [1.165, 1.54) is 101 Å². The molecule has 1 fully saturated rings. The maximum atomic E-state index is 6.98. The van der Waals surface area contributed by atoms with Crippen molar-refractivity contribution >= 4 is 71.6 Å². The Labute approximate surface area is 347 Å². The van der Waals surface area contributed by atoms with Crippen LogP contribution in [0.15, 0.2) is 186 Å². The van der Waals surface area contributed by atoms with Crippen molar-refractivity contribution in [2.24, 2.45) is 0 Å². The van der Waals surface area contributed by atoms with Crippen LogP contribution in [0.2, 0.25) is 0 Å². The molecule has 0 amide bonds. The quantitative estimate of drug-likeness (QED) is 0.178. The minimum absolute atomic E-state index is 0.0634. The molecule has 0 atom stereocenters. The zero-order valence-corrected chi connectivity index (χ0v) is 33.0. The van der Waals surface area contributed by atoms with Gasteiger partial charge in [0.05, 0.1) is 33.8 Å². The van der Waals surface area contributed by atoms with Crippen molar-refractivity contribution in [3.63, 3.8) is 0 Å². The number of para-hydroxylation sites is 5. The van der Waals surface area contributed by atoms with Crippen LogP contribution in [0.3, 0.4) is 0 Å². The maximum absolute atomic E-state index is 6.98. The summed E-state index contributed by atoms with van der Waals surface area (Å²) in [6.07, 6.45) is 4.75. The van der Waals surface area contributed by atoms with Gasteiger partial charge in [-0.05, 0) is 93.9 Å². The predicted molar refractivity (Wildman–Crippen MR) is 249 cm³/mol. The molecule has 0 N–H and O–H groups in total. The van der Waals surface area contributed by atoms with Crippen molar-refractivity contribution in [3.05, 3.63) is 193 Å². The highest BCUT2D eigenvalue weighted by molar-refractivity contribution is 6.25. The Bertz CT molecular complexity index is 3630. The smallest absolute Gasteiger partial charge is 0.159 e. The van der Waals surface area contributed by atoms with Crippen LogP contribution in [-0.4, -0.2) is 4.57 Å². The molecule has 0 unspecified atom stereocenters. The Hall–Kier alpha value is -7.36. The summed E-state index contributed by atoms with van der Waals surface area (Å²) in [6, 6.07) is 67.7. The van der Waals surface area contributed by atoms with Gasteiger partial charge in [0, 0.05) is 43.7 Å². The normalized spacial score (nSPS) is 14.5. The van der Waals surface area contributed by atoms with Gasteiger partial charge in [-0.1, -0.05) is 152 Å². The molecule has 3 heterocycles. The SMILES string of the molecule is c1ccc(N(c2cccc3c2oc2ccccc23)c2cc3c4c5c2c2ccccc2n5-c2ccccc2-c2cccc(c2-4)C32CCCC2)c(-c2ccc3ccccc3c2)c1. The second-order valence-electron chi connectivity index (χ2n) is 17.1. The molecule has 2 aromatic heterocycles. The van der Waals surface area contributed by atoms with Crippen molar-refractivity contribution in [1.82, 2.24) is 4.57 Å². The van der Waals surface area contributed by atoms with Gasteiger partial charge in [-0.2, -0.15) is 0 Å². The maximum Gasteiger partial charge on any atom is 0.159 e. The lowest BCUT2D eigenvalue weighted by molar-refractivity contribution is 0.550. The molecule has 14 rings (SSSR count). The van der Waals surface area contributed by atoms with Crippen LogP contribution < -0.4 is 4.90 Å². The molecule has 3 aliphatic rings. The molecule has 0 bridgehead atoms. The van der Waals surface area contributed by atoms with E-state index in [4.69, 9.17) is 4.42 Å². The number of anilines is 3. The summed E-state index contributed by atoms with van der Waals surface area (Å²) in [5, 5.41) is 7.22. The van der Waals surface area contributed by atoms with Gasteiger partial charge < -0.3 is 13.9 Å². The monoisotopic (exact) mass is 766 g/mol. The zero-order valence-electron chi connectivity index (χ0n) is 33.0. The molecular weight excluding hydrogens is 729 g/mol. The molecule has 3 heteroatoms. The van der Waals surface area contributed by atoms with E-state index in [0.29, 0.717) is 0 Å². The van der Waals surface area contributed by atoms with Crippen LogP contribution >= 0.6 is 0 Å². The van der Waals surface area contributed by atoms with Gasteiger partial charge in [-0.3, -0.25) is 0 Å². The molecule has 282 valence electrons. The van der Waals surface area contributed by atoms with Crippen LogP contribution in [0.1, 0.15) is 36.8 Å². The Morgan fingerprint density at radius 2 is 1.18 bits per heavy atom. The largest absolute Gasteiger partial charge is 0.454 e. The first-order valence-electron chi connectivity index (χ1n) is 21.4. The topological polar surface area (TPSA) is 21.3 Å². The van der Waals surface area contributed by atoms with Gasteiger partial charge in [-0.15, -0.1) is 0 Å². The summed E-state index contributed by atoms with van der Waals surface area (Å²) < 4.78 is 9.59. The number of hydrogen-bond acceptors (Lipinski definition) is 2. The van der Waals surface area contributed by atoms with Crippen LogP contribution in [-0.2, 0) is 5.41 Å². The number of hydrogen-bond donors (Lipinski definition) is 0. The molecule has 1 saturated carbocycles. The van der Waals surface area contributed by atoms with Crippen molar-refractivity contribution in [2.45, 2.75) is 31.1 Å². The lowest BCUT2D eigenvalue weighted by atomic mass is 9.76. The van der Waals surface area contributed by atoms with E-state index >= 15 is 0 Å². The van der Waals surface area contributed by atoms with E-state index in [2.05, 4.69) is 191 Å².